The topological polar surface area (TPSA) is 0 Å². The maximum atomic E-state index is 3.77. The van der Waals surface area contributed by atoms with Crippen LogP contribution in [0.2, 0.25) is 0 Å². The van der Waals surface area contributed by atoms with E-state index in [-0.39, 0.29) is 0 Å². The van der Waals surface area contributed by atoms with Crippen molar-refractivity contribution in [2.45, 2.75) is 47.5 Å². The van der Waals surface area contributed by atoms with E-state index in [0.717, 1.165) is 0 Å². The van der Waals surface area contributed by atoms with Crippen LogP contribution in [0.25, 0.3) is 0 Å². The van der Waals surface area contributed by atoms with E-state index in [2.05, 4.69) is 41.2 Å². The molecule has 0 aliphatic carbocycles. The van der Waals surface area contributed by atoms with Crippen molar-refractivity contribution in [3.63, 3.8) is 0 Å². The Morgan fingerprint density at radius 2 is 1.75 bits per heavy atom. The Morgan fingerprint density at radius 1 is 1.25 bits per heavy atom. The highest BCUT2D eigenvalue weighted by atomic mass is 14.2. The fraction of sp³-hybridized carbons (Fsp3) is 0.667. The highest BCUT2D eigenvalue weighted by Crippen LogP contribution is 2.24. The lowest BCUT2D eigenvalue weighted by Crippen LogP contribution is -2.04. The van der Waals surface area contributed by atoms with Crippen LogP contribution in [0.5, 0.6) is 0 Å². The van der Waals surface area contributed by atoms with E-state index in [0.29, 0.717) is 5.41 Å². The molecule has 0 atom stereocenters. The molecule has 0 aromatic carbocycles. The zero-order valence-corrected chi connectivity index (χ0v) is 9.20. The third-order valence-electron chi connectivity index (χ3n) is 2.23. The van der Waals surface area contributed by atoms with Crippen molar-refractivity contribution in [1.29, 1.82) is 0 Å². The lowest BCUT2D eigenvalue weighted by atomic mass is 9.88. The molecule has 0 unspecified atom stereocenters. The fourth-order valence-electron chi connectivity index (χ4n) is 0.934. The molecule has 0 spiro atoms. The number of rotatable bonds is 3. The maximum Gasteiger partial charge on any atom is -0.0312 e. The minimum Gasteiger partial charge on any atom is -0.0988 e. The Kier molecular flexibility index (Phi) is 4.30. The first kappa shape index (κ1) is 11.5. The van der Waals surface area contributed by atoms with Gasteiger partial charge in [0, 0.05) is 0 Å². The van der Waals surface area contributed by atoms with E-state index in [9.17, 15) is 0 Å². The lowest BCUT2D eigenvalue weighted by molar-refractivity contribution is 0.377. The first-order chi connectivity index (χ1) is 5.37. The Hall–Kier alpha value is -0.520. The second kappa shape index (κ2) is 4.49. The van der Waals surface area contributed by atoms with E-state index < -0.39 is 0 Å². The molecule has 0 aromatic heterocycles. The second-order valence-corrected chi connectivity index (χ2v) is 4.73. The Bertz CT molecular complexity index is 177. The third kappa shape index (κ3) is 5.17. The molecule has 0 aliphatic rings. The van der Waals surface area contributed by atoms with Crippen molar-refractivity contribution in [3.05, 3.63) is 23.8 Å². The maximum absolute atomic E-state index is 3.77. The van der Waals surface area contributed by atoms with Gasteiger partial charge in [-0.3, -0.25) is 0 Å². The van der Waals surface area contributed by atoms with E-state index in [1.54, 1.807) is 0 Å². The molecule has 0 rings (SSSR count). The van der Waals surface area contributed by atoms with Crippen molar-refractivity contribution >= 4 is 0 Å². The van der Waals surface area contributed by atoms with Crippen LogP contribution in [0, 0.1) is 5.41 Å². The Morgan fingerprint density at radius 3 is 2.08 bits per heavy atom. The van der Waals surface area contributed by atoms with Crippen molar-refractivity contribution in [1.82, 2.24) is 0 Å². The SMILES string of the molecule is C=C/C(C)=C(/C)CCC(C)(C)C. The van der Waals surface area contributed by atoms with Crippen LogP contribution >= 0.6 is 0 Å². The van der Waals surface area contributed by atoms with Crippen LogP contribution < -0.4 is 0 Å². The molecule has 0 nitrogen and oxygen atoms in total. The first-order valence-electron chi connectivity index (χ1n) is 4.65. The zero-order valence-electron chi connectivity index (χ0n) is 9.20. The molecule has 0 N–H and O–H groups in total. The fourth-order valence-corrected chi connectivity index (χ4v) is 0.934. The molecule has 0 heterocycles. The second-order valence-electron chi connectivity index (χ2n) is 4.73. The molecule has 0 fully saturated rings. The van der Waals surface area contributed by atoms with Gasteiger partial charge in [-0.2, -0.15) is 0 Å². The van der Waals surface area contributed by atoms with Crippen LogP contribution in [0.15, 0.2) is 23.8 Å². The standard InChI is InChI=1S/C12H22/c1-7-10(2)11(3)8-9-12(4,5)6/h7H,1,8-9H2,2-6H3/b11-10-. The summed E-state index contributed by atoms with van der Waals surface area (Å²) in [5.74, 6) is 0. The van der Waals surface area contributed by atoms with E-state index in [1.165, 1.54) is 24.0 Å². The summed E-state index contributed by atoms with van der Waals surface area (Å²) < 4.78 is 0. The minimum absolute atomic E-state index is 0.447. The molecule has 0 saturated carbocycles. The largest absolute Gasteiger partial charge is 0.0988 e. The lowest BCUT2D eigenvalue weighted by Gasteiger charge is -2.18. The van der Waals surface area contributed by atoms with Crippen LogP contribution in [0.1, 0.15) is 47.5 Å². The smallest absolute Gasteiger partial charge is 0.0312 e. The van der Waals surface area contributed by atoms with Crippen molar-refractivity contribution < 1.29 is 0 Å². The van der Waals surface area contributed by atoms with Crippen LogP contribution in [0.3, 0.4) is 0 Å². The van der Waals surface area contributed by atoms with Gasteiger partial charge in [-0.25, -0.2) is 0 Å². The van der Waals surface area contributed by atoms with Crippen LogP contribution in [-0.4, -0.2) is 0 Å². The highest BCUT2D eigenvalue weighted by molar-refractivity contribution is 5.20. The van der Waals surface area contributed by atoms with Crippen molar-refractivity contribution in [2.75, 3.05) is 0 Å². The summed E-state index contributed by atoms with van der Waals surface area (Å²) in [5, 5.41) is 0. The molecular weight excluding hydrogens is 144 g/mol. The van der Waals surface area contributed by atoms with Crippen LogP contribution in [0.4, 0.5) is 0 Å². The minimum atomic E-state index is 0.447. The van der Waals surface area contributed by atoms with E-state index >= 15 is 0 Å². The van der Waals surface area contributed by atoms with Gasteiger partial charge < -0.3 is 0 Å². The quantitative estimate of drug-likeness (QED) is 0.547. The molecule has 0 amide bonds. The molecule has 0 bridgehead atoms. The average molecular weight is 166 g/mol. The summed E-state index contributed by atoms with van der Waals surface area (Å²) in [4.78, 5) is 0. The molecule has 0 heteroatoms. The summed E-state index contributed by atoms with van der Waals surface area (Å²) in [6, 6.07) is 0. The van der Waals surface area contributed by atoms with Crippen LogP contribution in [-0.2, 0) is 0 Å². The van der Waals surface area contributed by atoms with Gasteiger partial charge in [0.1, 0.15) is 0 Å². The molecule has 0 radical (unpaired) electrons. The van der Waals surface area contributed by atoms with Gasteiger partial charge in [0.05, 0.1) is 0 Å². The van der Waals surface area contributed by atoms with Gasteiger partial charge >= 0.3 is 0 Å². The summed E-state index contributed by atoms with van der Waals surface area (Å²) >= 11 is 0. The van der Waals surface area contributed by atoms with Gasteiger partial charge in [-0.05, 0) is 32.1 Å². The van der Waals surface area contributed by atoms with E-state index in [4.69, 9.17) is 0 Å². The molecular formula is C12H22. The molecule has 0 aliphatic heterocycles. The number of hydrogen-bond donors (Lipinski definition) is 0. The van der Waals surface area contributed by atoms with E-state index in [1.807, 2.05) is 6.08 Å². The Labute approximate surface area is 77.4 Å². The van der Waals surface area contributed by atoms with Gasteiger partial charge in [0.15, 0.2) is 0 Å². The third-order valence-corrected chi connectivity index (χ3v) is 2.23. The molecule has 0 aromatic rings. The van der Waals surface area contributed by atoms with Gasteiger partial charge in [0.25, 0.3) is 0 Å². The summed E-state index contributed by atoms with van der Waals surface area (Å²) in [5.41, 5.74) is 3.25. The van der Waals surface area contributed by atoms with Crippen molar-refractivity contribution in [3.8, 4) is 0 Å². The predicted octanol–water partition coefficient (Wildman–Crippen LogP) is 4.34. The van der Waals surface area contributed by atoms with Gasteiger partial charge in [-0.1, -0.05) is 44.6 Å². The van der Waals surface area contributed by atoms with Gasteiger partial charge in [-0.15, -0.1) is 0 Å². The Balaban J connectivity index is 4.03. The summed E-state index contributed by atoms with van der Waals surface area (Å²) in [6.07, 6.45) is 4.39. The number of allylic oxidation sites excluding steroid dienone is 3. The van der Waals surface area contributed by atoms with Crippen molar-refractivity contribution in [2.24, 2.45) is 5.41 Å². The van der Waals surface area contributed by atoms with Gasteiger partial charge in [0.2, 0.25) is 0 Å². The first-order valence-corrected chi connectivity index (χ1v) is 4.65. The normalized spacial score (nSPS) is 14.1. The summed E-state index contributed by atoms with van der Waals surface area (Å²) in [7, 11) is 0. The predicted molar refractivity (Wildman–Crippen MR) is 57.3 cm³/mol. The molecule has 70 valence electrons. The number of hydrogen-bond acceptors (Lipinski definition) is 0. The average Bonchev–Trinajstić information content (AvgIpc) is 1.97. The zero-order chi connectivity index (χ0) is 9.78. The monoisotopic (exact) mass is 166 g/mol. The molecule has 0 saturated heterocycles. The molecule has 12 heavy (non-hydrogen) atoms. The highest BCUT2D eigenvalue weighted by Gasteiger charge is 2.09. The summed E-state index contributed by atoms with van der Waals surface area (Å²) in [6.45, 7) is 14.9.